The number of benzene rings is 2. The SMILES string of the molecule is CN(CC(=O)N1c2ccccc2OC[C@H]1c1ccccc1)[C@H]1CCS(=O)(=O)C1. The zero-order valence-electron chi connectivity index (χ0n) is 15.8. The summed E-state index contributed by atoms with van der Waals surface area (Å²) in [5.41, 5.74) is 1.76. The molecule has 0 unspecified atom stereocenters. The predicted octanol–water partition coefficient (Wildman–Crippen LogP) is 2.27. The van der Waals surface area contributed by atoms with E-state index in [0.29, 0.717) is 18.8 Å². The second kappa shape index (κ2) is 7.56. The lowest BCUT2D eigenvalue weighted by atomic mass is 10.0. The lowest BCUT2D eigenvalue weighted by molar-refractivity contribution is -0.120. The number of amides is 1. The van der Waals surface area contributed by atoms with Gasteiger partial charge in [0.25, 0.3) is 0 Å². The second-order valence-corrected chi connectivity index (χ2v) is 9.67. The average Bonchev–Trinajstić information content (AvgIpc) is 3.07. The molecule has 0 bridgehead atoms. The van der Waals surface area contributed by atoms with Gasteiger partial charge in [-0.2, -0.15) is 0 Å². The summed E-state index contributed by atoms with van der Waals surface area (Å²) in [4.78, 5) is 17.0. The number of ether oxygens (including phenoxy) is 1. The molecular formula is C21H24N2O4S. The summed E-state index contributed by atoms with van der Waals surface area (Å²) in [5.74, 6) is 0.951. The van der Waals surface area contributed by atoms with Gasteiger partial charge >= 0.3 is 0 Å². The third kappa shape index (κ3) is 3.77. The molecule has 7 heteroatoms. The zero-order chi connectivity index (χ0) is 19.7. The molecule has 0 aliphatic carbocycles. The molecule has 6 nitrogen and oxygen atoms in total. The zero-order valence-corrected chi connectivity index (χ0v) is 16.6. The number of likely N-dealkylation sites (N-methyl/N-ethyl adjacent to an activating group) is 1. The van der Waals surface area contributed by atoms with Crippen LogP contribution in [0.15, 0.2) is 54.6 Å². The van der Waals surface area contributed by atoms with Crippen molar-refractivity contribution in [3.8, 4) is 5.75 Å². The molecule has 0 aromatic heterocycles. The van der Waals surface area contributed by atoms with Crippen LogP contribution in [0.25, 0.3) is 0 Å². The number of rotatable bonds is 4. The minimum absolute atomic E-state index is 0.0589. The monoisotopic (exact) mass is 400 g/mol. The van der Waals surface area contributed by atoms with Crippen molar-refractivity contribution >= 4 is 21.4 Å². The molecule has 148 valence electrons. The predicted molar refractivity (Wildman–Crippen MR) is 108 cm³/mol. The van der Waals surface area contributed by atoms with Gasteiger partial charge in [-0.15, -0.1) is 0 Å². The van der Waals surface area contributed by atoms with Gasteiger partial charge < -0.3 is 4.74 Å². The molecule has 2 aliphatic heterocycles. The number of nitrogens with zero attached hydrogens (tertiary/aromatic N) is 2. The van der Waals surface area contributed by atoms with E-state index in [1.165, 1.54) is 0 Å². The van der Waals surface area contributed by atoms with E-state index in [4.69, 9.17) is 4.74 Å². The van der Waals surface area contributed by atoms with Gasteiger partial charge in [-0.1, -0.05) is 42.5 Å². The summed E-state index contributed by atoms with van der Waals surface area (Å²) in [6.45, 7) is 0.548. The van der Waals surface area contributed by atoms with Crippen molar-refractivity contribution in [2.75, 3.05) is 36.6 Å². The number of carbonyl (C=O) groups is 1. The first-order valence-electron chi connectivity index (χ1n) is 9.44. The van der Waals surface area contributed by atoms with Crippen LogP contribution in [0.5, 0.6) is 5.75 Å². The van der Waals surface area contributed by atoms with Gasteiger partial charge in [0.05, 0.1) is 29.8 Å². The highest BCUT2D eigenvalue weighted by atomic mass is 32.2. The maximum atomic E-state index is 13.4. The summed E-state index contributed by atoms with van der Waals surface area (Å²) >= 11 is 0. The van der Waals surface area contributed by atoms with Crippen molar-refractivity contribution in [1.29, 1.82) is 0 Å². The molecule has 2 aliphatic rings. The van der Waals surface area contributed by atoms with E-state index in [1.54, 1.807) is 4.90 Å². The number of sulfone groups is 1. The Morgan fingerprint density at radius 3 is 2.57 bits per heavy atom. The second-order valence-electron chi connectivity index (χ2n) is 7.44. The Hall–Kier alpha value is -2.38. The van der Waals surface area contributed by atoms with Gasteiger partial charge in [0.15, 0.2) is 9.84 Å². The van der Waals surface area contributed by atoms with Crippen LogP contribution in [0.1, 0.15) is 18.0 Å². The molecule has 2 heterocycles. The van der Waals surface area contributed by atoms with Gasteiger partial charge in [0, 0.05) is 6.04 Å². The van der Waals surface area contributed by atoms with Gasteiger partial charge in [0.1, 0.15) is 12.4 Å². The van der Waals surface area contributed by atoms with Crippen LogP contribution in [0, 0.1) is 0 Å². The molecule has 0 spiro atoms. The Balaban J connectivity index is 1.60. The fourth-order valence-corrected chi connectivity index (χ4v) is 5.76. The maximum Gasteiger partial charge on any atom is 0.241 e. The Kier molecular flexibility index (Phi) is 5.12. The Morgan fingerprint density at radius 2 is 1.86 bits per heavy atom. The largest absolute Gasteiger partial charge is 0.489 e. The molecule has 0 radical (unpaired) electrons. The molecule has 1 amide bonds. The normalized spacial score (nSPS) is 23.3. The van der Waals surface area contributed by atoms with Crippen LogP contribution in [-0.4, -0.2) is 57.0 Å². The van der Waals surface area contributed by atoms with E-state index < -0.39 is 9.84 Å². The van der Waals surface area contributed by atoms with Crippen LogP contribution >= 0.6 is 0 Å². The molecule has 1 saturated heterocycles. The van der Waals surface area contributed by atoms with Crippen LogP contribution in [-0.2, 0) is 14.6 Å². The molecule has 28 heavy (non-hydrogen) atoms. The number of hydrogen-bond acceptors (Lipinski definition) is 5. The molecule has 0 N–H and O–H groups in total. The summed E-state index contributed by atoms with van der Waals surface area (Å²) in [6, 6.07) is 17.1. The van der Waals surface area contributed by atoms with Crippen molar-refractivity contribution < 1.29 is 17.9 Å². The summed E-state index contributed by atoms with van der Waals surface area (Å²) in [6.07, 6.45) is 0.577. The van der Waals surface area contributed by atoms with Crippen molar-refractivity contribution in [2.45, 2.75) is 18.5 Å². The van der Waals surface area contributed by atoms with E-state index in [-0.39, 0.29) is 36.0 Å². The van der Waals surface area contributed by atoms with Crippen molar-refractivity contribution in [3.05, 3.63) is 60.2 Å². The molecule has 0 saturated carbocycles. The van der Waals surface area contributed by atoms with Crippen molar-refractivity contribution in [3.63, 3.8) is 0 Å². The van der Waals surface area contributed by atoms with E-state index in [0.717, 1.165) is 11.3 Å². The lowest BCUT2D eigenvalue weighted by Gasteiger charge is -2.38. The third-order valence-corrected chi connectivity index (χ3v) is 7.25. The minimum Gasteiger partial charge on any atom is -0.489 e. The Labute approximate surface area is 165 Å². The van der Waals surface area contributed by atoms with Crippen LogP contribution in [0.4, 0.5) is 5.69 Å². The topological polar surface area (TPSA) is 66.9 Å². The van der Waals surface area contributed by atoms with Gasteiger partial charge in [0.2, 0.25) is 5.91 Å². The van der Waals surface area contributed by atoms with E-state index in [9.17, 15) is 13.2 Å². The highest BCUT2D eigenvalue weighted by Gasteiger charge is 2.36. The summed E-state index contributed by atoms with van der Waals surface area (Å²) in [5, 5.41) is 0. The van der Waals surface area contributed by atoms with E-state index in [2.05, 4.69) is 0 Å². The lowest BCUT2D eigenvalue weighted by Crippen LogP contribution is -2.47. The van der Waals surface area contributed by atoms with Crippen LogP contribution in [0.2, 0.25) is 0 Å². The molecule has 4 rings (SSSR count). The standard InChI is InChI=1S/C21H24N2O4S/c1-22(17-11-12-28(25,26)15-17)13-21(24)23-18-9-5-6-10-20(18)27-14-19(23)16-7-3-2-4-8-16/h2-10,17,19H,11-15H2,1H3/t17-,19-/m0/s1. The number of hydrogen-bond donors (Lipinski definition) is 0. The fraction of sp³-hybridized carbons (Fsp3) is 0.381. The molecule has 2 aromatic carbocycles. The van der Waals surface area contributed by atoms with Gasteiger partial charge in [-0.3, -0.25) is 14.6 Å². The van der Waals surface area contributed by atoms with Crippen LogP contribution < -0.4 is 9.64 Å². The quantitative estimate of drug-likeness (QED) is 0.788. The Bertz CT molecular complexity index is 961. The van der Waals surface area contributed by atoms with Crippen LogP contribution in [0.3, 0.4) is 0 Å². The highest BCUT2D eigenvalue weighted by Crippen LogP contribution is 2.39. The molecule has 1 fully saturated rings. The number of para-hydroxylation sites is 2. The number of carbonyl (C=O) groups excluding carboxylic acids is 1. The number of anilines is 1. The van der Waals surface area contributed by atoms with Gasteiger partial charge in [-0.05, 0) is 31.2 Å². The summed E-state index contributed by atoms with van der Waals surface area (Å²) in [7, 11) is -1.16. The Morgan fingerprint density at radius 1 is 1.14 bits per heavy atom. The first-order chi connectivity index (χ1) is 13.4. The van der Waals surface area contributed by atoms with E-state index >= 15 is 0 Å². The molecule has 2 aromatic rings. The maximum absolute atomic E-state index is 13.4. The highest BCUT2D eigenvalue weighted by molar-refractivity contribution is 7.91. The fourth-order valence-electron chi connectivity index (χ4n) is 3.96. The van der Waals surface area contributed by atoms with Crippen molar-refractivity contribution in [2.24, 2.45) is 0 Å². The first kappa shape index (κ1) is 19.0. The van der Waals surface area contributed by atoms with E-state index in [1.807, 2.05) is 66.5 Å². The molecule has 2 atom stereocenters. The first-order valence-corrected chi connectivity index (χ1v) is 11.3. The number of fused-ring (bicyclic) bond motifs is 1. The smallest absolute Gasteiger partial charge is 0.241 e. The van der Waals surface area contributed by atoms with Crippen molar-refractivity contribution in [1.82, 2.24) is 4.90 Å². The van der Waals surface area contributed by atoms with Gasteiger partial charge in [-0.25, -0.2) is 8.42 Å². The third-order valence-electron chi connectivity index (χ3n) is 5.50. The average molecular weight is 401 g/mol. The molecular weight excluding hydrogens is 376 g/mol. The summed E-state index contributed by atoms with van der Waals surface area (Å²) < 4.78 is 29.5. The minimum atomic E-state index is -2.99.